The van der Waals surface area contributed by atoms with Crippen LogP contribution in [0.15, 0.2) is 24.3 Å². The lowest BCUT2D eigenvalue weighted by Gasteiger charge is -2.13. The summed E-state index contributed by atoms with van der Waals surface area (Å²) >= 11 is 0. The van der Waals surface area contributed by atoms with Crippen LogP contribution in [-0.2, 0) is 6.42 Å². The minimum Gasteiger partial charge on any atom is -0.330 e. The molecule has 2 aliphatic rings. The molecule has 68 valence electrons. The molecule has 1 nitrogen and oxygen atoms in total. The minimum atomic E-state index is 0.795. The van der Waals surface area contributed by atoms with Gasteiger partial charge in [-0.05, 0) is 48.3 Å². The Morgan fingerprint density at radius 1 is 1.31 bits per heavy atom. The van der Waals surface area contributed by atoms with Crippen LogP contribution in [0.3, 0.4) is 0 Å². The molecule has 2 N–H and O–H groups in total. The molecule has 13 heavy (non-hydrogen) atoms. The standard InChI is InChI=1S/C12H15N/c13-7-11-10-6-5-8-3-1-2-4-9(8)12(10)11/h1-4,10-12H,5-7,13H2/t10-,11+,12-/m1/s1. The molecule has 0 spiro atoms. The monoisotopic (exact) mass is 173 g/mol. The molecule has 0 unspecified atom stereocenters. The highest BCUT2D eigenvalue weighted by atomic mass is 14.7. The van der Waals surface area contributed by atoms with Gasteiger partial charge in [-0.3, -0.25) is 0 Å². The summed E-state index contributed by atoms with van der Waals surface area (Å²) in [6.45, 7) is 0.879. The molecule has 0 aliphatic heterocycles. The summed E-state index contributed by atoms with van der Waals surface area (Å²) in [6, 6.07) is 8.88. The van der Waals surface area contributed by atoms with E-state index in [1.807, 2.05) is 0 Å². The predicted octanol–water partition coefficient (Wildman–Crippen LogP) is 1.92. The van der Waals surface area contributed by atoms with Crippen LogP contribution in [0.5, 0.6) is 0 Å². The Bertz CT molecular complexity index is 328. The summed E-state index contributed by atoms with van der Waals surface area (Å²) in [5.74, 6) is 2.53. The van der Waals surface area contributed by atoms with Crippen molar-refractivity contribution in [3.05, 3.63) is 35.4 Å². The first-order valence-corrected chi connectivity index (χ1v) is 5.19. The van der Waals surface area contributed by atoms with Crippen molar-refractivity contribution in [2.75, 3.05) is 6.54 Å². The van der Waals surface area contributed by atoms with Crippen LogP contribution in [0.4, 0.5) is 0 Å². The van der Waals surface area contributed by atoms with Crippen LogP contribution >= 0.6 is 0 Å². The number of nitrogens with two attached hydrogens (primary N) is 1. The van der Waals surface area contributed by atoms with Gasteiger partial charge in [0.2, 0.25) is 0 Å². The van der Waals surface area contributed by atoms with E-state index < -0.39 is 0 Å². The summed E-state index contributed by atoms with van der Waals surface area (Å²) in [7, 11) is 0. The van der Waals surface area contributed by atoms with Crippen LogP contribution < -0.4 is 5.73 Å². The second kappa shape index (κ2) is 2.58. The van der Waals surface area contributed by atoms with E-state index >= 15 is 0 Å². The normalized spacial score (nSPS) is 35.0. The zero-order valence-corrected chi connectivity index (χ0v) is 7.74. The minimum absolute atomic E-state index is 0.795. The number of hydrogen-bond donors (Lipinski definition) is 1. The predicted molar refractivity (Wildman–Crippen MR) is 53.5 cm³/mol. The van der Waals surface area contributed by atoms with Crippen molar-refractivity contribution in [1.82, 2.24) is 0 Å². The maximum absolute atomic E-state index is 5.75. The highest BCUT2D eigenvalue weighted by molar-refractivity contribution is 5.39. The Morgan fingerprint density at radius 2 is 2.15 bits per heavy atom. The lowest BCUT2D eigenvalue weighted by Crippen LogP contribution is -2.02. The molecule has 0 radical (unpaired) electrons. The molecular weight excluding hydrogens is 158 g/mol. The first-order chi connectivity index (χ1) is 6.42. The van der Waals surface area contributed by atoms with Gasteiger partial charge >= 0.3 is 0 Å². The molecule has 1 fully saturated rings. The SMILES string of the molecule is NC[C@H]1[C@H]2CCc3ccccc3[C@H]21. The molecule has 1 saturated carbocycles. The quantitative estimate of drug-likeness (QED) is 0.690. The van der Waals surface area contributed by atoms with Gasteiger partial charge in [0.15, 0.2) is 0 Å². The Hall–Kier alpha value is -0.820. The highest BCUT2D eigenvalue weighted by Crippen LogP contribution is 2.59. The Kier molecular flexibility index (Phi) is 1.50. The van der Waals surface area contributed by atoms with Crippen molar-refractivity contribution < 1.29 is 0 Å². The van der Waals surface area contributed by atoms with Crippen molar-refractivity contribution >= 4 is 0 Å². The van der Waals surface area contributed by atoms with Crippen molar-refractivity contribution in [1.29, 1.82) is 0 Å². The zero-order chi connectivity index (χ0) is 8.84. The van der Waals surface area contributed by atoms with Gasteiger partial charge in [-0.25, -0.2) is 0 Å². The Morgan fingerprint density at radius 3 is 3.00 bits per heavy atom. The van der Waals surface area contributed by atoms with E-state index in [-0.39, 0.29) is 0 Å². The maximum Gasteiger partial charge on any atom is -0.00400 e. The number of hydrogen-bond acceptors (Lipinski definition) is 1. The van der Waals surface area contributed by atoms with E-state index in [4.69, 9.17) is 5.73 Å². The lowest BCUT2D eigenvalue weighted by molar-refractivity contribution is 0.634. The smallest absolute Gasteiger partial charge is 0.00400 e. The fourth-order valence-electron chi connectivity index (χ4n) is 3.03. The van der Waals surface area contributed by atoms with Crippen LogP contribution in [0.1, 0.15) is 23.5 Å². The average molecular weight is 173 g/mol. The van der Waals surface area contributed by atoms with Gasteiger partial charge in [-0.15, -0.1) is 0 Å². The Labute approximate surface area is 78.9 Å². The van der Waals surface area contributed by atoms with Crippen LogP contribution in [0.2, 0.25) is 0 Å². The molecule has 0 aromatic heterocycles. The van der Waals surface area contributed by atoms with Crippen molar-refractivity contribution in [3.63, 3.8) is 0 Å². The topological polar surface area (TPSA) is 26.0 Å². The molecule has 2 aliphatic carbocycles. The summed E-state index contributed by atoms with van der Waals surface area (Å²) in [5.41, 5.74) is 8.91. The average Bonchev–Trinajstić information content (AvgIpc) is 2.91. The molecular formula is C12H15N. The fourth-order valence-corrected chi connectivity index (χ4v) is 3.03. The summed E-state index contributed by atoms with van der Waals surface area (Å²) in [4.78, 5) is 0. The van der Waals surface area contributed by atoms with Gasteiger partial charge in [0, 0.05) is 0 Å². The third-order valence-electron chi connectivity index (χ3n) is 3.76. The van der Waals surface area contributed by atoms with Gasteiger partial charge in [-0.1, -0.05) is 24.3 Å². The highest BCUT2D eigenvalue weighted by Gasteiger charge is 2.51. The van der Waals surface area contributed by atoms with E-state index in [9.17, 15) is 0 Å². The molecule has 3 atom stereocenters. The van der Waals surface area contributed by atoms with Gasteiger partial charge in [0.05, 0.1) is 0 Å². The number of fused-ring (bicyclic) bond motifs is 3. The third-order valence-corrected chi connectivity index (χ3v) is 3.76. The molecule has 0 bridgehead atoms. The van der Waals surface area contributed by atoms with Crippen LogP contribution in [0, 0.1) is 11.8 Å². The van der Waals surface area contributed by atoms with Crippen LogP contribution in [0.25, 0.3) is 0 Å². The molecule has 1 aromatic rings. The number of aryl methyl sites for hydroxylation is 1. The van der Waals surface area contributed by atoms with Gasteiger partial charge in [0.25, 0.3) is 0 Å². The van der Waals surface area contributed by atoms with E-state index in [2.05, 4.69) is 24.3 Å². The molecule has 0 saturated heterocycles. The molecule has 0 heterocycles. The first-order valence-electron chi connectivity index (χ1n) is 5.19. The lowest BCUT2D eigenvalue weighted by atomic mass is 9.92. The van der Waals surface area contributed by atoms with Gasteiger partial charge in [-0.2, -0.15) is 0 Å². The third kappa shape index (κ3) is 0.969. The summed E-state index contributed by atoms with van der Waals surface area (Å²) in [5, 5.41) is 0. The van der Waals surface area contributed by atoms with E-state index in [1.54, 1.807) is 11.1 Å². The molecule has 1 aromatic carbocycles. The van der Waals surface area contributed by atoms with E-state index in [0.29, 0.717) is 0 Å². The van der Waals surface area contributed by atoms with Crippen molar-refractivity contribution in [3.8, 4) is 0 Å². The fraction of sp³-hybridized carbons (Fsp3) is 0.500. The Balaban J connectivity index is 2.00. The molecule has 0 amide bonds. The zero-order valence-electron chi connectivity index (χ0n) is 7.74. The largest absolute Gasteiger partial charge is 0.330 e. The maximum atomic E-state index is 5.75. The second-order valence-electron chi connectivity index (χ2n) is 4.33. The number of rotatable bonds is 1. The van der Waals surface area contributed by atoms with Crippen molar-refractivity contribution in [2.24, 2.45) is 17.6 Å². The molecule has 3 rings (SSSR count). The first kappa shape index (κ1) is 7.57. The van der Waals surface area contributed by atoms with Gasteiger partial charge in [0.1, 0.15) is 0 Å². The van der Waals surface area contributed by atoms with Crippen molar-refractivity contribution in [2.45, 2.75) is 18.8 Å². The van der Waals surface area contributed by atoms with E-state index in [1.165, 1.54) is 12.8 Å². The molecule has 1 heteroatoms. The second-order valence-corrected chi connectivity index (χ2v) is 4.33. The summed E-state index contributed by atoms with van der Waals surface area (Å²) < 4.78 is 0. The summed E-state index contributed by atoms with van der Waals surface area (Å²) in [6.07, 6.45) is 2.64. The van der Waals surface area contributed by atoms with E-state index in [0.717, 1.165) is 24.3 Å². The van der Waals surface area contributed by atoms with Crippen LogP contribution in [-0.4, -0.2) is 6.54 Å². The number of benzene rings is 1. The van der Waals surface area contributed by atoms with Gasteiger partial charge < -0.3 is 5.73 Å².